The topological polar surface area (TPSA) is 52.3 Å². The predicted molar refractivity (Wildman–Crippen MR) is 39.6 cm³/mol. The summed E-state index contributed by atoms with van der Waals surface area (Å²) in [5.74, 6) is -0.366. The van der Waals surface area contributed by atoms with E-state index in [4.69, 9.17) is 0 Å². The predicted octanol–water partition coefficient (Wildman–Crippen LogP) is 1.18. The molecule has 0 aliphatic rings. The van der Waals surface area contributed by atoms with Crippen LogP contribution >= 0.6 is 11.8 Å². The summed E-state index contributed by atoms with van der Waals surface area (Å²) < 4.78 is 9.07. The Labute approximate surface area is 67.9 Å². The third-order valence-electron chi connectivity index (χ3n) is 1.08. The first-order valence-corrected chi connectivity index (χ1v) is 4.09. The highest BCUT2D eigenvalue weighted by Crippen LogP contribution is 2.14. The van der Waals surface area contributed by atoms with E-state index in [-0.39, 0.29) is 5.76 Å². The van der Waals surface area contributed by atoms with Crippen molar-refractivity contribution in [2.75, 3.05) is 13.4 Å². The van der Waals surface area contributed by atoms with Crippen LogP contribution in [0.25, 0.3) is 0 Å². The number of hydrogen-bond donors (Lipinski definition) is 0. The number of aromatic nitrogens is 1. The Hall–Kier alpha value is -0.970. The highest BCUT2D eigenvalue weighted by Gasteiger charge is 2.11. The lowest BCUT2D eigenvalue weighted by molar-refractivity contribution is 0.0554. The van der Waals surface area contributed by atoms with E-state index in [2.05, 4.69) is 14.4 Å². The Kier molecular flexibility index (Phi) is 2.53. The summed E-state index contributed by atoms with van der Waals surface area (Å²) in [6.45, 7) is 0. The fourth-order valence-electron chi connectivity index (χ4n) is 0.552. The Morgan fingerprint density at radius 1 is 1.82 bits per heavy atom. The number of carbonyl (C=O) groups excluding carboxylic acids is 1. The molecule has 4 nitrogen and oxygen atoms in total. The van der Waals surface area contributed by atoms with Crippen LogP contribution in [0, 0.1) is 0 Å². The van der Waals surface area contributed by atoms with Crippen LogP contribution in [-0.2, 0) is 4.74 Å². The average molecular weight is 173 g/mol. The van der Waals surface area contributed by atoms with E-state index in [0.29, 0.717) is 5.03 Å². The van der Waals surface area contributed by atoms with Crippen molar-refractivity contribution in [3.05, 3.63) is 11.8 Å². The number of thioether (sulfide) groups is 1. The SMILES string of the molecule is COC(=O)c1cc(SC)no1. The Bertz CT molecular complexity index is 258. The van der Waals surface area contributed by atoms with Gasteiger partial charge >= 0.3 is 5.97 Å². The quantitative estimate of drug-likeness (QED) is 0.496. The summed E-state index contributed by atoms with van der Waals surface area (Å²) in [4.78, 5) is 10.8. The molecule has 5 heteroatoms. The number of ether oxygens (including phenoxy) is 1. The molecule has 60 valence electrons. The minimum atomic E-state index is -0.502. The molecule has 1 heterocycles. The number of esters is 1. The van der Waals surface area contributed by atoms with Crippen molar-refractivity contribution in [1.29, 1.82) is 0 Å². The van der Waals surface area contributed by atoms with E-state index in [1.54, 1.807) is 0 Å². The molecular formula is C6H7NO3S. The zero-order valence-corrected chi connectivity index (χ0v) is 6.97. The second-order valence-corrected chi connectivity index (χ2v) is 2.55. The highest BCUT2D eigenvalue weighted by molar-refractivity contribution is 7.98. The van der Waals surface area contributed by atoms with Crippen LogP contribution in [0.1, 0.15) is 10.6 Å². The summed E-state index contributed by atoms with van der Waals surface area (Å²) in [5, 5.41) is 4.26. The lowest BCUT2D eigenvalue weighted by Crippen LogP contribution is -1.98. The van der Waals surface area contributed by atoms with Crippen molar-refractivity contribution >= 4 is 17.7 Å². The maximum Gasteiger partial charge on any atom is 0.376 e. The van der Waals surface area contributed by atoms with Gasteiger partial charge in [0.25, 0.3) is 0 Å². The molecule has 1 aromatic rings. The van der Waals surface area contributed by atoms with Crippen LogP contribution < -0.4 is 0 Å². The van der Waals surface area contributed by atoms with Crippen LogP contribution in [0.2, 0.25) is 0 Å². The van der Waals surface area contributed by atoms with E-state index in [9.17, 15) is 4.79 Å². The van der Waals surface area contributed by atoms with Gasteiger partial charge < -0.3 is 9.26 Å². The molecule has 1 aromatic heterocycles. The van der Waals surface area contributed by atoms with Gasteiger partial charge in [-0.05, 0) is 6.26 Å². The van der Waals surface area contributed by atoms with Crippen molar-refractivity contribution < 1.29 is 14.1 Å². The maximum absolute atomic E-state index is 10.8. The third kappa shape index (κ3) is 1.74. The molecule has 0 radical (unpaired) electrons. The monoisotopic (exact) mass is 173 g/mol. The number of rotatable bonds is 2. The zero-order valence-electron chi connectivity index (χ0n) is 6.16. The van der Waals surface area contributed by atoms with E-state index >= 15 is 0 Å². The molecule has 0 unspecified atom stereocenters. The largest absolute Gasteiger partial charge is 0.463 e. The average Bonchev–Trinajstić information content (AvgIpc) is 2.50. The number of hydrogen-bond acceptors (Lipinski definition) is 5. The highest BCUT2D eigenvalue weighted by atomic mass is 32.2. The van der Waals surface area contributed by atoms with Gasteiger partial charge in [0.15, 0.2) is 0 Å². The van der Waals surface area contributed by atoms with Gasteiger partial charge in [-0.1, -0.05) is 5.16 Å². The lowest BCUT2D eigenvalue weighted by Gasteiger charge is -1.88. The first-order valence-electron chi connectivity index (χ1n) is 2.87. The van der Waals surface area contributed by atoms with Crippen LogP contribution in [-0.4, -0.2) is 24.5 Å². The van der Waals surface area contributed by atoms with Crippen molar-refractivity contribution in [2.24, 2.45) is 0 Å². The van der Waals surface area contributed by atoms with Gasteiger partial charge in [0.1, 0.15) is 5.03 Å². The second-order valence-electron chi connectivity index (χ2n) is 1.73. The molecule has 0 aromatic carbocycles. The molecule has 0 atom stereocenters. The Morgan fingerprint density at radius 2 is 2.55 bits per heavy atom. The van der Waals surface area contributed by atoms with Crippen molar-refractivity contribution in [3.63, 3.8) is 0 Å². The molecule has 11 heavy (non-hydrogen) atoms. The molecule has 0 amide bonds. The van der Waals surface area contributed by atoms with Gasteiger partial charge in [-0.2, -0.15) is 0 Å². The molecule has 0 saturated heterocycles. The minimum absolute atomic E-state index is 0.136. The Balaban J connectivity index is 2.80. The number of nitrogens with zero attached hydrogens (tertiary/aromatic N) is 1. The smallest absolute Gasteiger partial charge is 0.376 e. The summed E-state index contributed by atoms with van der Waals surface area (Å²) in [6.07, 6.45) is 1.85. The fourth-order valence-corrected chi connectivity index (χ4v) is 0.889. The number of carbonyl (C=O) groups is 1. The lowest BCUT2D eigenvalue weighted by atomic mass is 10.5. The molecule has 0 N–H and O–H groups in total. The Morgan fingerprint density at radius 3 is 3.00 bits per heavy atom. The first kappa shape index (κ1) is 8.13. The van der Waals surface area contributed by atoms with Gasteiger partial charge in [0, 0.05) is 6.07 Å². The fraction of sp³-hybridized carbons (Fsp3) is 0.333. The van der Waals surface area contributed by atoms with Gasteiger partial charge in [-0.25, -0.2) is 4.79 Å². The molecule has 1 rings (SSSR count). The maximum atomic E-state index is 10.8. The first-order chi connectivity index (χ1) is 5.27. The summed E-state index contributed by atoms with van der Waals surface area (Å²) >= 11 is 1.40. The molecule has 0 bridgehead atoms. The molecule has 0 fully saturated rings. The van der Waals surface area contributed by atoms with Crippen LogP contribution in [0.15, 0.2) is 15.6 Å². The van der Waals surface area contributed by atoms with Gasteiger partial charge in [-0.15, -0.1) is 11.8 Å². The van der Waals surface area contributed by atoms with E-state index in [0.717, 1.165) is 0 Å². The van der Waals surface area contributed by atoms with Gasteiger partial charge in [0.05, 0.1) is 7.11 Å². The molecular weight excluding hydrogens is 166 g/mol. The number of methoxy groups -OCH3 is 1. The third-order valence-corrected chi connectivity index (χ3v) is 1.69. The minimum Gasteiger partial charge on any atom is -0.463 e. The van der Waals surface area contributed by atoms with E-state index < -0.39 is 5.97 Å². The normalized spacial score (nSPS) is 9.64. The van der Waals surface area contributed by atoms with E-state index in [1.165, 1.54) is 24.9 Å². The molecule has 0 aliphatic heterocycles. The molecule has 0 aliphatic carbocycles. The van der Waals surface area contributed by atoms with Crippen LogP contribution in [0.4, 0.5) is 0 Å². The zero-order chi connectivity index (χ0) is 8.27. The summed E-state index contributed by atoms with van der Waals surface area (Å²) in [6, 6.07) is 1.54. The molecule has 0 spiro atoms. The van der Waals surface area contributed by atoms with Crippen molar-refractivity contribution in [1.82, 2.24) is 5.16 Å². The van der Waals surface area contributed by atoms with Gasteiger partial charge in [0.2, 0.25) is 5.76 Å². The summed E-state index contributed by atoms with van der Waals surface area (Å²) in [7, 11) is 1.30. The molecule has 0 saturated carbocycles. The second kappa shape index (κ2) is 3.43. The van der Waals surface area contributed by atoms with Crippen molar-refractivity contribution in [2.45, 2.75) is 5.03 Å². The van der Waals surface area contributed by atoms with E-state index in [1.807, 2.05) is 6.26 Å². The standard InChI is InChI=1S/C6H7NO3S/c1-9-6(8)4-3-5(11-2)7-10-4/h3H,1-2H3. The van der Waals surface area contributed by atoms with Crippen LogP contribution in [0.5, 0.6) is 0 Å². The van der Waals surface area contributed by atoms with Gasteiger partial charge in [-0.3, -0.25) is 0 Å². The summed E-state index contributed by atoms with van der Waals surface area (Å²) in [5.41, 5.74) is 0. The van der Waals surface area contributed by atoms with Crippen LogP contribution in [0.3, 0.4) is 0 Å². The van der Waals surface area contributed by atoms with Crippen molar-refractivity contribution in [3.8, 4) is 0 Å².